The van der Waals surface area contributed by atoms with Crippen LogP contribution in [0.25, 0.3) is 5.57 Å². The quantitative estimate of drug-likeness (QED) is 0.225. The van der Waals surface area contributed by atoms with Crippen molar-refractivity contribution in [3.8, 4) is 11.8 Å². The first-order valence-corrected chi connectivity index (χ1v) is 13.9. The van der Waals surface area contributed by atoms with E-state index in [0.717, 1.165) is 30.4 Å². The number of ether oxygens (including phenoxy) is 1. The molecule has 1 aliphatic heterocycles. The van der Waals surface area contributed by atoms with Gasteiger partial charge in [-0.25, -0.2) is 4.39 Å². The molecule has 222 valence electrons. The van der Waals surface area contributed by atoms with Crippen LogP contribution >= 0.6 is 0 Å². The molecule has 1 amide bonds. The molecule has 3 rings (SSSR count). The molecule has 1 fully saturated rings. The summed E-state index contributed by atoms with van der Waals surface area (Å²) in [6, 6.07) is 11.9. The van der Waals surface area contributed by atoms with Crippen molar-refractivity contribution >= 4 is 23.5 Å². The molecule has 0 atom stereocenters. The van der Waals surface area contributed by atoms with Gasteiger partial charge in [0.1, 0.15) is 11.6 Å². The van der Waals surface area contributed by atoms with Crippen LogP contribution in [-0.4, -0.2) is 69.1 Å². The molecule has 0 aliphatic carbocycles. The Morgan fingerprint density at radius 1 is 1.10 bits per heavy atom. The largest absolute Gasteiger partial charge is 0.496 e. The Labute approximate surface area is 244 Å². The topological polar surface area (TPSA) is 90.7 Å². The van der Waals surface area contributed by atoms with E-state index >= 15 is 0 Å². The fraction of sp³-hybridized carbons (Fsp3) is 0.455. The van der Waals surface area contributed by atoms with E-state index in [1.54, 1.807) is 18.2 Å². The van der Waals surface area contributed by atoms with Gasteiger partial charge in [-0.2, -0.15) is 5.26 Å². The highest BCUT2D eigenvalue weighted by Gasteiger charge is 2.27. The number of carbonyl (C=O) groups excluding carboxylic acids is 3. The van der Waals surface area contributed by atoms with E-state index in [1.807, 2.05) is 69.9 Å². The van der Waals surface area contributed by atoms with Crippen molar-refractivity contribution in [2.75, 3.05) is 41.3 Å². The number of aldehydes is 1. The predicted octanol–water partition coefficient (Wildman–Crippen LogP) is 5.90. The first-order valence-electron chi connectivity index (χ1n) is 13.9. The average Bonchev–Trinajstić information content (AvgIpc) is 2.96. The van der Waals surface area contributed by atoms with E-state index in [2.05, 4.69) is 0 Å². The van der Waals surface area contributed by atoms with Gasteiger partial charge in [0, 0.05) is 25.1 Å². The number of rotatable bonds is 8. The third kappa shape index (κ3) is 11.7. The first kappa shape index (κ1) is 35.2. The van der Waals surface area contributed by atoms with Gasteiger partial charge in [0.05, 0.1) is 18.7 Å². The highest BCUT2D eigenvalue weighted by Crippen LogP contribution is 2.31. The molecular formula is C33H44FN3O4. The van der Waals surface area contributed by atoms with Crippen LogP contribution in [0.1, 0.15) is 66.6 Å². The Bertz CT molecular complexity index is 1210. The lowest BCUT2D eigenvalue weighted by Gasteiger charge is -2.32. The van der Waals surface area contributed by atoms with Crippen molar-refractivity contribution in [2.45, 2.75) is 52.9 Å². The van der Waals surface area contributed by atoms with E-state index in [4.69, 9.17) is 10.00 Å². The molecule has 0 N–H and O–H groups in total. The normalized spacial score (nSPS) is 13.3. The number of ketones is 1. The minimum absolute atomic E-state index is 0.150. The summed E-state index contributed by atoms with van der Waals surface area (Å²) in [6.45, 7) is 6.76. The molecule has 7 nitrogen and oxygen atoms in total. The highest BCUT2D eigenvalue weighted by atomic mass is 19.1. The van der Waals surface area contributed by atoms with Crippen molar-refractivity contribution in [2.24, 2.45) is 5.92 Å². The second-order valence-electron chi connectivity index (χ2n) is 10.3. The summed E-state index contributed by atoms with van der Waals surface area (Å²) in [6.07, 6.45) is 5.80. The zero-order valence-electron chi connectivity index (χ0n) is 25.5. The average molecular weight is 566 g/mol. The summed E-state index contributed by atoms with van der Waals surface area (Å²) in [4.78, 5) is 40.6. The number of nitrogens with zero attached hydrogens (tertiary/aromatic N) is 3. The zero-order valence-corrected chi connectivity index (χ0v) is 25.5. The van der Waals surface area contributed by atoms with Crippen molar-refractivity contribution in [3.63, 3.8) is 0 Å². The summed E-state index contributed by atoms with van der Waals surface area (Å²) in [7, 11) is 7.51. The van der Waals surface area contributed by atoms with Gasteiger partial charge >= 0.3 is 0 Å². The van der Waals surface area contributed by atoms with Crippen molar-refractivity contribution in [3.05, 3.63) is 70.5 Å². The molecule has 0 spiro atoms. The summed E-state index contributed by atoms with van der Waals surface area (Å²) in [5.74, 6) is -0.117. The number of Topliss-reactive ketones (excluding diaryl/α,β-unsaturated/α-hetero) is 1. The number of aryl methyl sites for hydroxylation is 1. The SMILES string of the molecule is CC/C=C(/C(=O)C=O)c1cc(C(=O)N2CCC(Cc3ccc(F)cc3)CC2)c(OC)cc1C.CCC#N.CN(C)C. The predicted molar refractivity (Wildman–Crippen MR) is 161 cm³/mol. The van der Waals surface area contributed by atoms with E-state index in [1.165, 1.54) is 19.2 Å². The number of likely N-dealkylation sites (tertiary alicyclic amines) is 1. The number of allylic oxidation sites excluding steroid dienone is 2. The van der Waals surface area contributed by atoms with Gasteiger partial charge in [0.2, 0.25) is 5.78 Å². The molecule has 41 heavy (non-hydrogen) atoms. The number of carbonyl (C=O) groups is 3. The smallest absolute Gasteiger partial charge is 0.257 e. The molecule has 1 aliphatic rings. The molecule has 0 saturated carbocycles. The van der Waals surface area contributed by atoms with Gasteiger partial charge in [-0.3, -0.25) is 14.4 Å². The Hall–Kier alpha value is -3.83. The van der Waals surface area contributed by atoms with Gasteiger partial charge < -0.3 is 14.5 Å². The maximum absolute atomic E-state index is 13.4. The second-order valence-corrected chi connectivity index (χ2v) is 10.3. The Balaban J connectivity index is 0.000000930. The molecular weight excluding hydrogens is 521 g/mol. The minimum Gasteiger partial charge on any atom is -0.496 e. The Kier molecular flexibility index (Phi) is 15.9. The lowest BCUT2D eigenvalue weighted by atomic mass is 9.89. The number of amides is 1. The molecule has 0 aromatic heterocycles. The Morgan fingerprint density at radius 2 is 1.66 bits per heavy atom. The molecule has 0 bridgehead atoms. The maximum atomic E-state index is 13.4. The lowest BCUT2D eigenvalue weighted by molar-refractivity contribution is -0.126. The van der Waals surface area contributed by atoms with Gasteiger partial charge in [-0.05, 0) is 101 Å². The van der Waals surface area contributed by atoms with Gasteiger partial charge in [0.25, 0.3) is 5.91 Å². The van der Waals surface area contributed by atoms with Crippen LogP contribution in [0.2, 0.25) is 0 Å². The number of benzene rings is 2. The van der Waals surface area contributed by atoms with E-state index < -0.39 is 5.78 Å². The van der Waals surface area contributed by atoms with Gasteiger partial charge in [-0.15, -0.1) is 0 Å². The fourth-order valence-corrected chi connectivity index (χ4v) is 4.38. The third-order valence-electron chi connectivity index (χ3n) is 6.35. The molecule has 2 aromatic carbocycles. The number of hydrogen-bond donors (Lipinski definition) is 0. The van der Waals surface area contributed by atoms with Crippen molar-refractivity contribution in [1.29, 1.82) is 5.26 Å². The molecule has 2 aromatic rings. The summed E-state index contributed by atoms with van der Waals surface area (Å²) >= 11 is 0. The van der Waals surface area contributed by atoms with Crippen molar-refractivity contribution < 1.29 is 23.5 Å². The number of methoxy groups -OCH3 is 1. The third-order valence-corrected chi connectivity index (χ3v) is 6.35. The number of nitriles is 1. The minimum atomic E-state index is -0.606. The lowest BCUT2D eigenvalue weighted by Crippen LogP contribution is -2.39. The molecule has 1 heterocycles. The Morgan fingerprint density at radius 3 is 2.12 bits per heavy atom. The monoisotopic (exact) mass is 565 g/mol. The number of piperidine rings is 1. The molecule has 0 radical (unpaired) electrons. The van der Waals surface area contributed by atoms with Crippen LogP contribution in [0, 0.1) is 30.0 Å². The van der Waals surface area contributed by atoms with E-state index in [-0.39, 0.29) is 11.7 Å². The van der Waals surface area contributed by atoms with Crippen molar-refractivity contribution in [1.82, 2.24) is 9.80 Å². The summed E-state index contributed by atoms with van der Waals surface area (Å²) in [5, 5.41) is 7.62. The van der Waals surface area contributed by atoms with Gasteiger partial charge in [0.15, 0.2) is 6.29 Å². The molecule has 1 saturated heterocycles. The van der Waals surface area contributed by atoms with E-state index in [0.29, 0.717) is 60.6 Å². The summed E-state index contributed by atoms with van der Waals surface area (Å²) < 4.78 is 18.6. The molecule has 0 unspecified atom stereocenters. The maximum Gasteiger partial charge on any atom is 0.257 e. The van der Waals surface area contributed by atoms with Crippen LogP contribution < -0.4 is 4.74 Å². The first-order chi connectivity index (χ1) is 19.5. The fourth-order valence-electron chi connectivity index (χ4n) is 4.38. The highest BCUT2D eigenvalue weighted by molar-refractivity contribution is 6.46. The number of halogens is 1. The van der Waals surface area contributed by atoms with E-state index in [9.17, 15) is 18.8 Å². The van der Waals surface area contributed by atoms with Crippen LogP contribution in [0.3, 0.4) is 0 Å². The zero-order chi connectivity index (χ0) is 30.9. The summed E-state index contributed by atoms with van der Waals surface area (Å²) in [5.41, 5.74) is 3.12. The second kappa shape index (κ2) is 18.5. The standard InChI is InChI=1S/C27H30FNO4.C3H9N.C3H5N/c1-4-5-22(25(31)17-30)23-16-24(26(33-3)14-18(23)2)27(32)29-12-10-20(11-13-29)15-19-6-8-21(28)9-7-19;1-4(2)3;1-2-3-4/h5-9,14,16-17,20H,4,10-13,15H2,1-3H3;1-3H3;2H2,1H3/b22-5+;;. The van der Waals surface area contributed by atoms with Crippen LogP contribution in [0.5, 0.6) is 5.75 Å². The molecule has 8 heteroatoms. The number of hydrogen-bond acceptors (Lipinski definition) is 6. The van der Waals surface area contributed by atoms with Gasteiger partial charge in [-0.1, -0.05) is 32.1 Å². The van der Waals surface area contributed by atoms with Crippen LogP contribution in [0.4, 0.5) is 4.39 Å². The van der Waals surface area contributed by atoms with Crippen LogP contribution in [-0.2, 0) is 16.0 Å². The van der Waals surface area contributed by atoms with Crippen LogP contribution in [0.15, 0.2) is 42.5 Å².